The summed E-state index contributed by atoms with van der Waals surface area (Å²) in [5.41, 5.74) is 17.1. The Bertz CT molecular complexity index is 1360. The normalized spacial score (nSPS) is 30.3. The Labute approximate surface area is 283 Å². The Kier molecular flexibility index (Phi) is 9.67. The minimum Gasteiger partial charge on any atom is -0.0683 e. The van der Waals surface area contributed by atoms with E-state index in [1.807, 2.05) is 0 Å². The number of hydrogen-bond acceptors (Lipinski definition) is 0. The van der Waals surface area contributed by atoms with E-state index in [1.165, 1.54) is 83.7 Å². The number of benzene rings is 2. The first-order valence-electron chi connectivity index (χ1n) is 17.6. The van der Waals surface area contributed by atoms with Gasteiger partial charge in [-0.1, -0.05) is 78.1 Å². The Morgan fingerprint density at radius 3 is 1.98 bits per heavy atom. The smallest absolute Gasteiger partial charge is 0.0683 e. The van der Waals surface area contributed by atoms with Gasteiger partial charge in [0.2, 0.25) is 0 Å². The van der Waals surface area contributed by atoms with Crippen LogP contribution in [0.25, 0.3) is 12.2 Å². The summed E-state index contributed by atoms with van der Waals surface area (Å²) in [5.74, 6) is 6.60. The van der Waals surface area contributed by atoms with Gasteiger partial charge in [0.25, 0.3) is 0 Å². The fourth-order valence-corrected chi connectivity index (χ4v) is 11.6. The fourth-order valence-electron chi connectivity index (χ4n) is 10.8. The van der Waals surface area contributed by atoms with E-state index in [0.29, 0.717) is 0 Å². The van der Waals surface area contributed by atoms with Crippen molar-refractivity contribution in [2.75, 3.05) is 0 Å². The molecule has 0 radical (unpaired) electrons. The maximum absolute atomic E-state index is 3.78. The predicted octanol–water partition coefficient (Wildman–Crippen LogP) is 8.45. The molecule has 2 aromatic carbocycles. The van der Waals surface area contributed by atoms with Crippen molar-refractivity contribution in [3.05, 3.63) is 77.8 Å². The van der Waals surface area contributed by atoms with Crippen LogP contribution in [0.1, 0.15) is 129 Å². The molecule has 3 saturated carbocycles. The van der Waals surface area contributed by atoms with Gasteiger partial charge < -0.3 is 0 Å². The first-order valence-corrected chi connectivity index (χ1v) is 18.4. The standard InChI is InChI=1S/C14H24.C14H16.C13H13Br.Li/c2*1-9-6-12-8-11-4-3-5-13(11)10(2)14(12)7-9;1-8-5-10-7-9-3-2-4-11(9)13(14)12(10)6-8;/h9-14H,3-8H2,1-2H3;6,8H,3-5,7H2,1-2H3;5,7H,2-4,6H2,1H3;/q;;;+1. The number of halogens is 1. The van der Waals surface area contributed by atoms with Crippen LogP contribution in [-0.2, 0) is 38.5 Å². The third-order valence-corrected chi connectivity index (χ3v) is 13.6. The van der Waals surface area contributed by atoms with Gasteiger partial charge in [-0.05, 0) is 183 Å². The summed E-state index contributed by atoms with van der Waals surface area (Å²) >= 11 is 3.78. The van der Waals surface area contributed by atoms with Crippen LogP contribution in [0.2, 0.25) is 0 Å². The van der Waals surface area contributed by atoms with Crippen molar-refractivity contribution in [2.45, 2.75) is 125 Å². The minimum atomic E-state index is 0. The van der Waals surface area contributed by atoms with Gasteiger partial charge in [-0.2, -0.15) is 0 Å². The Balaban J connectivity index is 0.000000113. The Hall–Kier alpha value is -1.00. The van der Waals surface area contributed by atoms with Crippen LogP contribution in [0.5, 0.6) is 0 Å². The van der Waals surface area contributed by atoms with Crippen LogP contribution >= 0.6 is 15.9 Å². The summed E-state index contributed by atoms with van der Waals surface area (Å²) in [6.45, 7) is 11.8. The molecule has 224 valence electrons. The molecule has 0 heterocycles. The van der Waals surface area contributed by atoms with Crippen molar-refractivity contribution < 1.29 is 18.9 Å². The van der Waals surface area contributed by atoms with Gasteiger partial charge in [0.15, 0.2) is 0 Å². The van der Waals surface area contributed by atoms with E-state index in [1.54, 1.807) is 65.5 Å². The molecule has 6 unspecified atom stereocenters. The Morgan fingerprint density at radius 2 is 1.26 bits per heavy atom. The first kappa shape index (κ1) is 32.0. The molecule has 0 aliphatic heterocycles. The molecule has 6 atom stereocenters. The minimum absolute atomic E-state index is 0. The van der Waals surface area contributed by atoms with E-state index in [4.69, 9.17) is 0 Å². The predicted molar refractivity (Wildman–Crippen MR) is 184 cm³/mol. The van der Waals surface area contributed by atoms with Crippen molar-refractivity contribution in [1.29, 1.82) is 0 Å². The van der Waals surface area contributed by atoms with Crippen LogP contribution in [0.15, 0.2) is 27.8 Å². The van der Waals surface area contributed by atoms with Crippen LogP contribution < -0.4 is 18.9 Å². The van der Waals surface area contributed by atoms with Crippen molar-refractivity contribution >= 4 is 28.1 Å². The summed E-state index contributed by atoms with van der Waals surface area (Å²) in [6.07, 6.45) is 24.2. The number of hydrogen-bond donors (Lipinski definition) is 0. The van der Waals surface area contributed by atoms with E-state index >= 15 is 0 Å². The second kappa shape index (κ2) is 13.0. The van der Waals surface area contributed by atoms with E-state index in [2.05, 4.69) is 74.8 Å². The average molecular weight is 633 g/mol. The maximum atomic E-state index is 3.78. The molecule has 0 spiro atoms. The zero-order valence-electron chi connectivity index (χ0n) is 28.1. The molecule has 7 aliphatic carbocycles. The van der Waals surface area contributed by atoms with Crippen molar-refractivity contribution in [2.24, 2.45) is 35.5 Å². The second-order valence-corrected chi connectivity index (χ2v) is 16.4. The monoisotopic (exact) mass is 631 g/mol. The van der Waals surface area contributed by atoms with Gasteiger partial charge in [-0.3, -0.25) is 0 Å². The fraction of sp³-hybridized carbons (Fsp3) is 0.610. The third-order valence-electron chi connectivity index (χ3n) is 12.7. The SMILES string of the molecule is CC1=Cc2cc3c(c(Br)c2C1)CCC3.CC1=Cc2cc3c(c(C)c2C1)CCC3.CC1CC2CC3CCCC3C(C)C2C1.[Li+]. The average Bonchev–Trinajstić information content (AvgIpc) is 3.78. The number of fused-ring (bicyclic) bond motifs is 6. The quantitative estimate of drug-likeness (QED) is 0.256. The molecule has 9 rings (SSSR count). The molecule has 7 aliphatic rings. The summed E-state index contributed by atoms with van der Waals surface area (Å²) in [6, 6.07) is 4.83. The van der Waals surface area contributed by atoms with Gasteiger partial charge in [0.1, 0.15) is 0 Å². The second-order valence-electron chi connectivity index (χ2n) is 15.6. The number of aryl methyl sites for hydroxylation is 2. The molecular weight excluding hydrogens is 579 g/mol. The van der Waals surface area contributed by atoms with Gasteiger partial charge in [-0.25, -0.2) is 0 Å². The molecule has 0 bridgehead atoms. The van der Waals surface area contributed by atoms with Crippen molar-refractivity contribution in [3.8, 4) is 0 Å². The number of allylic oxidation sites excluding steroid dienone is 2. The molecule has 3 fully saturated rings. The summed E-state index contributed by atoms with van der Waals surface area (Å²) in [5, 5.41) is 0. The summed E-state index contributed by atoms with van der Waals surface area (Å²) < 4.78 is 1.40. The molecule has 2 aromatic rings. The van der Waals surface area contributed by atoms with Crippen LogP contribution in [-0.4, -0.2) is 0 Å². The zero-order chi connectivity index (χ0) is 29.1. The molecule has 0 N–H and O–H groups in total. The summed E-state index contributed by atoms with van der Waals surface area (Å²) in [7, 11) is 0. The van der Waals surface area contributed by atoms with E-state index in [0.717, 1.165) is 41.9 Å². The molecule has 0 saturated heterocycles. The van der Waals surface area contributed by atoms with Gasteiger partial charge in [0, 0.05) is 4.47 Å². The van der Waals surface area contributed by atoms with Crippen LogP contribution in [0, 0.1) is 42.4 Å². The van der Waals surface area contributed by atoms with E-state index in [9.17, 15) is 0 Å². The zero-order valence-corrected chi connectivity index (χ0v) is 29.6. The van der Waals surface area contributed by atoms with Crippen molar-refractivity contribution in [1.82, 2.24) is 0 Å². The number of rotatable bonds is 0. The molecule has 0 amide bonds. The molecular formula is C41H53BrLi+. The van der Waals surface area contributed by atoms with Gasteiger partial charge in [-0.15, -0.1) is 0 Å². The molecule has 2 heteroatoms. The van der Waals surface area contributed by atoms with E-state index in [-0.39, 0.29) is 18.9 Å². The third kappa shape index (κ3) is 6.11. The topological polar surface area (TPSA) is 0 Å². The summed E-state index contributed by atoms with van der Waals surface area (Å²) in [4.78, 5) is 0. The van der Waals surface area contributed by atoms with Crippen LogP contribution in [0.3, 0.4) is 0 Å². The maximum Gasteiger partial charge on any atom is 1.00 e. The molecule has 0 aromatic heterocycles. The molecule has 0 nitrogen and oxygen atoms in total. The molecule has 43 heavy (non-hydrogen) atoms. The van der Waals surface area contributed by atoms with Crippen molar-refractivity contribution in [3.63, 3.8) is 0 Å². The Morgan fingerprint density at radius 1 is 0.628 bits per heavy atom. The van der Waals surface area contributed by atoms with Gasteiger partial charge >= 0.3 is 18.9 Å². The largest absolute Gasteiger partial charge is 1.00 e. The van der Waals surface area contributed by atoms with E-state index < -0.39 is 0 Å². The first-order chi connectivity index (χ1) is 20.3. The van der Waals surface area contributed by atoms with Crippen LogP contribution in [0.4, 0.5) is 0 Å². The van der Waals surface area contributed by atoms with Gasteiger partial charge in [0.05, 0.1) is 0 Å².